The number of benzene rings is 3. The van der Waals surface area contributed by atoms with Gasteiger partial charge in [-0.05, 0) is 53.6 Å². The molecule has 7 heteroatoms. The van der Waals surface area contributed by atoms with Crippen LogP contribution >= 0.6 is 11.8 Å². The summed E-state index contributed by atoms with van der Waals surface area (Å²) in [4.78, 5) is 12.7. The molecule has 1 unspecified atom stereocenters. The first-order chi connectivity index (χ1) is 16.1. The van der Waals surface area contributed by atoms with Crippen molar-refractivity contribution in [2.75, 3.05) is 12.9 Å². The van der Waals surface area contributed by atoms with Crippen molar-refractivity contribution in [1.29, 1.82) is 0 Å². The number of aromatic nitrogens is 3. The summed E-state index contributed by atoms with van der Waals surface area (Å²) in [5, 5.41) is 14.8. The van der Waals surface area contributed by atoms with Crippen LogP contribution in [0.5, 0.6) is 5.75 Å². The van der Waals surface area contributed by atoms with Crippen LogP contribution in [0.25, 0.3) is 22.2 Å². The van der Waals surface area contributed by atoms with Crippen molar-refractivity contribution < 1.29 is 9.53 Å². The number of ether oxygens (including phenoxy) is 1. The molecule has 3 aromatic carbocycles. The van der Waals surface area contributed by atoms with E-state index in [0.29, 0.717) is 11.7 Å². The van der Waals surface area contributed by atoms with Crippen molar-refractivity contribution in [3.8, 4) is 17.1 Å². The van der Waals surface area contributed by atoms with Gasteiger partial charge < -0.3 is 10.1 Å². The predicted molar refractivity (Wildman–Crippen MR) is 133 cm³/mol. The first kappa shape index (κ1) is 22.6. The normalized spacial score (nSPS) is 11.8. The fraction of sp³-hybridized carbons (Fsp3) is 0.192. The number of amides is 1. The number of rotatable bonds is 9. The number of fused-ring (bicyclic) bond motifs is 1. The molecule has 0 aliphatic heterocycles. The molecule has 0 saturated heterocycles. The molecule has 0 radical (unpaired) electrons. The van der Waals surface area contributed by atoms with E-state index in [4.69, 9.17) is 4.74 Å². The topological polar surface area (TPSA) is 69.0 Å². The number of carbonyl (C=O) groups is 1. The molecule has 0 aliphatic rings. The zero-order chi connectivity index (χ0) is 23.2. The summed E-state index contributed by atoms with van der Waals surface area (Å²) in [6, 6.07) is 22.0. The first-order valence-electron chi connectivity index (χ1n) is 10.7. The first-order valence-corrected chi connectivity index (χ1v) is 11.7. The SMILES string of the molecule is C=CCn1c(SCC(=O)NC(C)c2ccc3ccccc3c2)nnc1-c1ccc(OC)cc1. The van der Waals surface area contributed by atoms with Crippen LogP contribution in [0, 0.1) is 0 Å². The largest absolute Gasteiger partial charge is 0.497 e. The number of thioether (sulfide) groups is 1. The molecule has 4 aromatic rings. The number of methoxy groups -OCH3 is 1. The minimum absolute atomic E-state index is 0.0557. The third kappa shape index (κ3) is 5.26. The van der Waals surface area contributed by atoms with Crippen LogP contribution in [-0.4, -0.2) is 33.5 Å². The molecule has 1 aromatic heterocycles. The lowest BCUT2D eigenvalue weighted by Gasteiger charge is -2.15. The highest BCUT2D eigenvalue weighted by Gasteiger charge is 2.16. The Bertz CT molecular complexity index is 1270. The second-order valence-electron chi connectivity index (χ2n) is 7.62. The molecule has 4 rings (SSSR count). The van der Waals surface area contributed by atoms with Gasteiger partial charge in [-0.2, -0.15) is 0 Å². The summed E-state index contributed by atoms with van der Waals surface area (Å²) in [5.74, 6) is 1.70. The molecule has 1 heterocycles. The smallest absolute Gasteiger partial charge is 0.230 e. The van der Waals surface area contributed by atoms with Gasteiger partial charge in [-0.15, -0.1) is 16.8 Å². The third-order valence-electron chi connectivity index (χ3n) is 5.36. The van der Waals surface area contributed by atoms with E-state index in [-0.39, 0.29) is 17.7 Å². The Morgan fingerprint density at radius 1 is 1.12 bits per heavy atom. The molecule has 0 bridgehead atoms. The van der Waals surface area contributed by atoms with Crippen molar-refractivity contribution in [2.45, 2.75) is 24.7 Å². The molecular weight excluding hydrogens is 432 g/mol. The van der Waals surface area contributed by atoms with Crippen LogP contribution in [0.3, 0.4) is 0 Å². The number of carbonyl (C=O) groups excluding carboxylic acids is 1. The van der Waals surface area contributed by atoms with Crippen LogP contribution in [0.4, 0.5) is 0 Å². The number of allylic oxidation sites excluding steroid dienone is 1. The van der Waals surface area contributed by atoms with Crippen molar-refractivity contribution in [2.24, 2.45) is 0 Å². The number of nitrogens with one attached hydrogen (secondary N) is 1. The summed E-state index contributed by atoms with van der Waals surface area (Å²) in [6.45, 7) is 6.39. The number of nitrogens with zero attached hydrogens (tertiary/aromatic N) is 3. The van der Waals surface area contributed by atoms with Gasteiger partial charge in [0.1, 0.15) is 5.75 Å². The monoisotopic (exact) mass is 458 g/mol. The van der Waals surface area contributed by atoms with E-state index in [1.165, 1.54) is 17.1 Å². The molecular formula is C26H26N4O2S. The van der Waals surface area contributed by atoms with E-state index >= 15 is 0 Å². The minimum Gasteiger partial charge on any atom is -0.497 e. The Labute approximate surface area is 197 Å². The van der Waals surface area contributed by atoms with Gasteiger partial charge in [0.15, 0.2) is 11.0 Å². The van der Waals surface area contributed by atoms with Crippen molar-refractivity contribution in [1.82, 2.24) is 20.1 Å². The van der Waals surface area contributed by atoms with Crippen molar-refractivity contribution in [3.63, 3.8) is 0 Å². The van der Waals surface area contributed by atoms with Crippen LogP contribution in [0.1, 0.15) is 18.5 Å². The molecule has 1 amide bonds. The molecule has 6 nitrogen and oxygen atoms in total. The summed E-state index contributed by atoms with van der Waals surface area (Å²) < 4.78 is 7.19. The Morgan fingerprint density at radius 3 is 2.61 bits per heavy atom. The highest BCUT2D eigenvalue weighted by molar-refractivity contribution is 7.99. The molecule has 1 N–H and O–H groups in total. The summed E-state index contributed by atoms with van der Waals surface area (Å²) in [7, 11) is 1.63. The van der Waals surface area contributed by atoms with E-state index in [1.54, 1.807) is 13.2 Å². The summed E-state index contributed by atoms with van der Waals surface area (Å²) in [6.07, 6.45) is 1.79. The average molecular weight is 459 g/mol. The highest BCUT2D eigenvalue weighted by Crippen LogP contribution is 2.26. The minimum atomic E-state index is -0.0939. The Hall–Kier alpha value is -3.58. The standard InChI is InChI=1S/C26H26N4O2S/c1-4-15-30-25(20-11-13-23(32-3)14-12-20)28-29-26(30)33-17-24(31)27-18(2)21-10-9-19-7-5-6-8-22(19)16-21/h4-14,16,18H,1,15,17H2,2-3H3,(H,27,31). The maximum Gasteiger partial charge on any atom is 0.230 e. The molecule has 0 spiro atoms. The number of hydrogen-bond acceptors (Lipinski definition) is 5. The quantitative estimate of drug-likeness (QED) is 0.274. The summed E-state index contributed by atoms with van der Waals surface area (Å²) in [5.41, 5.74) is 2.00. The van der Waals surface area contributed by atoms with E-state index in [2.05, 4.69) is 52.4 Å². The third-order valence-corrected chi connectivity index (χ3v) is 6.33. The molecule has 1 atom stereocenters. The van der Waals surface area contributed by atoms with Gasteiger partial charge in [0, 0.05) is 12.1 Å². The highest BCUT2D eigenvalue weighted by atomic mass is 32.2. The number of hydrogen-bond donors (Lipinski definition) is 1. The van der Waals surface area contributed by atoms with Gasteiger partial charge in [-0.1, -0.05) is 54.2 Å². The Kier molecular flexibility index (Phi) is 7.10. The van der Waals surface area contributed by atoms with E-state index < -0.39 is 0 Å². The van der Waals surface area contributed by atoms with Crippen molar-refractivity contribution in [3.05, 3.63) is 84.9 Å². The maximum absolute atomic E-state index is 12.7. The van der Waals surface area contributed by atoms with Crippen LogP contribution in [0.15, 0.2) is 84.5 Å². The Morgan fingerprint density at radius 2 is 1.88 bits per heavy atom. The fourth-order valence-corrected chi connectivity index (χ4v) is 4.38. The zero-order valence-electron chi connectivity index (χ0n) is 18.7. The lowest BCUT2D eigenvalue weighted by Crippen LogP contribution is -2.28. The lowest BCUT2D eigenvalue weighted by atomic mass is 10.0. The second-order valence-corrected chi connectivity index (χ2v) is 8.56. The van der Waals surface area contributed by atoms with Gasteiger partial charge in [-0.3, -0.25) is 9.36 Å². The summed E-state index contributed by atoms with van der Waals surface area (Å²) >= 11 is 1.36. The maximum atomic E-state index is 12.7. The van der Waals surface area contributed by atoms with Crippen LogP contribution in [-0.2, 0) is 11.3 Å². The average Bonchev–Trinajstić information content (AvgIpc) is 3.25. The van der Waals surface area contributed by atoms with Gasteiger partial charge in [-0.25, -0.2) is 0 Å². The molecule has 0 fully saturated rings. The van der Waals surface area contributed by atoms with Gasteiger partial charge in [0.25, 0.3) is 0 Å². The molecule has 33 heavy (non-hydrogen) atoms. The molecule has 0 aliphatic carbocycles. The van der Waals surface area contributed by atoms with E-state index in [1.807, 2.05) is 47.9 Å². The van der Waals surface area contributed by atoms with Crippen molar-refractivity contribution >= 4 is 28.4 Å². The second kappa shape index (κ2) is 10.4. The Balaban J connectivity index is 1.42. The molecule has 168 valence electrons. The van der Waals surface area contributed by atoms with Crippen LogP contribution in [0.2, 0.25) is 0 Å². The zero-order valence-corrected chi connectivity index (χ0v) is 19.5. The van der Waals surface area contributed by atoms with E-state index in [9.17, 15) is 4.79 Å². The van der Waals surface area contributed by atoms with E-state index in [0.717, 1.165) is 28.1 Å². The predicted octanol–water partition coefficient (Wildman–Crippen LogP) is 5.26. The van der Waals surface area contributed by atoms with Crippen LogP contribution < -0.4 is 10.1 Å². The lowest BCUT2D eigenvalue weighted by molar-refractivity contribution is -0.119. The van der Waals surface area contributed by atoms with Gasteiger partial charge in [0.05, 0.1) is 18.9 Å². The fourth-order valence-electron chi connectivity index (χ4n) is 3.62. The van der Waals surface area contributed by atoms with Gasteiger partial charge in [0.2, 0.25) is 5.91 Å². The van der Waals surface area contributed by atoms with Gasteiger partial charge >= 0.3 is 0 Å². The molecule has 0 saturated carbocycles.